The van der Waals surface area contributed by atoms with Gasteiger partial charge >= 0.3 is 12.1 Å². The second kappa shape index (κ2) is 13.7. The van der Waals surface area contributed by atoms with Crippen LogP contribution < -0.4 is 10.6 Å². The third-order valence-corrected chi connectivity index (χ3v) is 5.63. The number of benzene rings is 1. The number of phenols is 1. The van der Waals surface area contributed by atoms with Crippen molar-refractivity contribution in [1.82, 2.24) is 15.5 Å². The number of carbonyl (C=O) groups is 4. The van der Waals surface area contributed by atoms with Crippen molar-refractivity contribution in [3.63, 3.8) is 0 Å². The maximum Gasteiger partial charge on any atom is 0.408 e. The summed E-state index contributed by atoms with van der Waals surface area (Å²) in [4.78, 5) is 52.9. The maximum absolute atomic E-state index is 13.9. The van der Waals surface area contributed by atoms with E-state index in [1.165, 1.54) is 18.1 Å². The van der Waals surface area contributed by atoms with Crippen LogP contribution in [0.3, 0.4) is 0 Å². The number of alkyl carbamates (subject to hydrolysis) is 1. The normalized spacial score (nSPS) is 13.7. The average molecular weight is 508 g/mol. The summed E-state index contributed by atoms with van der Waals surface area (Å²) in [7, 11) is 1.21. The number of methoxy groups -OCH3 is 1. The Bertz CT molecular complexity index is 927. The van der Waals surface area contributed by atoms with Crippen molar-refractivity contribution in [1.29, 1.82) is 0 Å². The molecule has 0 fully saturated rings. The lowest BCUT2D eigenvalue weighted by Crippen LogP contribution is -2.55. The number of hydrogen-bond donors (Lipinski definition) is 3. The number of nitrogens with zero attached hydrogens (tertiary/aromatic N) is 1. The van der Waals surface area contributed by atoms with E-state index in [0.29, 0.717) is 24.0 Å². The predicted molar refractivity (Wildman–Crippen MR) is 135 cm³/mol. The van der Waals surface area contributed by atoms with Gasteiger partial charge in [0.05, 0.1) is 7.11 Å². The zero-order valence-electron chi connectivity index (χ0n) is 22.6. The monoisotopic (exact) mass is 507 g/mol. The van der Waals surface area contributed by atoms with Gasteiger partial charge in [-0.3, -0.25) is 14.4 Å². The largest absolute Gasteiger partial charge is 0.508 e. The van der Waals surface area contributed by atoms with Crippen molar-refractivity contribution in [2.24, 2.45) is 5.92 Å². The van der Waals surface area contributed by atoms with Crippen molar-refractivity contribution < 1.29 is 33.8 Å². The van der Waals surface area contributed by atoms with E-state index in [2.05, 4.69) is 15.4 Å². The third-order valence-electron chi connectivity index (χ3n) is 5.63. The van der Waals surface area contributed by atoms with Crippen molar-refractivity contribution in [3.05, 3.63) is 29.3 Å². The Morgan fingerprint density at radius 3 is 2.28 bits per heavy atom. The lowest BCUT2D eigenvalue weighted by Gasteiger charge is -2.36. The van der Waals surface area contributed by atoms with Crippen LogP contribution in [0.1, 0.15) is 71.6 Å². The summed E-state index contributed by atoms with van der Waals surface area (Å²) in [5.41, 5.74) is 0.220. The van der Waals surface area contributed by atoms with Crippen molar-refractivity contribution in [2.45, 2.75) is 79.0 Å². The van der Waals surface area contributed by atoms with Crippen LogP contribution in [0.4, 0.5) is 4.79 Å². The SMILES string of the molecule is CCCN(C(=O)C(NC(=O)OC(C)(C)C)C(C)CC)C(C(=O)NCC(=O)OC)c1ccc(O)c(C)c1. The number of ether oxygens (including phenoxy) is 2. The van der Waals surface area contributed by atoms with Crippen LogP contribution in [0.25, 0.3) is 0 Å². The standard InChI is InChI=1S/C26H41N3O7/c1-9-13-29(24(33)21(16(3)10-2)28-25(34)36-26(5,6)7)22(23(32)27-15-20(31)35-8)18-11-12-19(30)17(4)14-18/h11-12,14,16,21-22,30H,9-10,13,15H2,1-8H3,(H,27,32)(H,28,34). The van der Waals surface area contributed by atoms with Gasteiger partial charge in [-0.25, -0.2) is 4.79 Å². The summed E-state index contributed by atoms with van der Waals surface area (Å²) < 4.78 is 9.99. The molecule has 0 aliphatic carbocycles. The van der Waals surface area contributed by atoms with Gasteiger partial charge in [0, 0.05) is 6.54 Å². The van der Waals surface area contributed by atoms with Gasteiger partial charge in [0.25, 0.3) is 0 Å². The second-order valence-electron chi connectivity index (χ2n) is 9.78. The molecule has 202 valence electrons. The maximum atomic E-state index is 13.9. The Morgan fingerprint density at radius 2 is 1.78 bits per heavy atom. The van der Waals surface area contributed by atoms with Gasteiger partial charge in [0.1, 0.15) is 30.0 Å². The molecule has 36 heavy (non-hydrogen) atoms. The molecular weight excluding hydrogens is 466 g/mol. The van der Waals surface area contributed by atoms with E-state index < -0.39 is 41.6 Å². The van der Waals surface area contributed by atoms with Crippen molar-refractivity contribution >= 4 is 23.9 Å². The number of rotatable bonds is 11. The number of nitrogens with one attached hydrogen (secondary N) is 2. The van der Waals surface area contributed by atoms with E-state index >= 15 is 0 Å². The fraction of sp³-hybridized carbons (Fsp3) is 0.615. The topological polar surface area (TPSA) is 134 Å². The molecule has 3 atom stereocenters. The summed E-state index contributed by atoms with van der Waals surface area (Å²) in [6.45, 7) is 12.3. The summed E-state index contributed by atoms with van der Waals surface area (Å²) in [6.07, 6.45) is 0.386. The van der Waals surface area contributed by atoms with Crippen LogP contribution in [-0.2, 0) is 23.9 Å². The number of hydrogen-bond acceptors (Lipinski definition) is 7. The second-order valence-corrected chi connectivity index (χ2v) is 9.78. The average Bonchev–Trinajstić information content (AvgIpc) is 2.80. The molecule has 0 aliphatic rings. The molecule has 0 spiro atoms. The van der Waals surface area contributed by atoms with Gasteiger partial charge in [-0.2, -0.15) is 0 Å². The van der Waals surface area contributed by atoms with Crippen LogP contribution >= 0.6 is 0 Å². The number of carbonyl (C=O) groups excluding carboxylic acids is 4. The molecule has 0 saturated heterocycles. The van der Waals surface area contributed by atoms with E-state index in [0.717, 1.165) is 0 Å². The summed E-state index contributed by atoms with van der Waals surface area (Å²) in [6, 6.07) is 2.55. The molecule has 0 aromatic heterocycles. The highest BCUT2D eigenvalue weighted by atomic mass is 16.6. The first-order chi connectivity index (χ1) is 16.7. The number of aryl methyl sites for hydroxylation is 1. The molecule has 0 aliphatic heterocycles. The van der Waals surface area contributed by atoms with Crippen LogP contribution in [-0.4, -0.2) is 65.7 Å². The van der Waals surface area contributed by atoms with Crippen LogP contribution in [0.5, 0.6) is 5.75 Å². The van der Waals surface area contributed by atoms with Crippen LogP contribution in [0, 0.1) is 12.8 Å². The first-order valence-corrected chi connectivity index (χ1v) is 12.2. The van der Waals surface area contributed by atoms with E-state index in [1.807, 2.05) is 20.8 Å². The van der Waals surface area contributed by atoms with Gasteiger partial charge in [0.15, 0.2) is 0 Å². The Kier molecular flexibility index (Phi) is 11.7. The fourth-order valence-corrected chi connectivity index (χ4v) is 3.55. The highest BCUT2D eigenvalue weighted by Gasteiger charge is 2.38. The minimum Gasteiger partial charge on any atom is -0.508 e. The molecule has 1 aromatic rings. The molecule has 10 nitrogen and oxygen atoms in total. The molecule has 3 unspecified atom stereocenters. The van der Waals surface area contributed by atoms with Crippen molar-refractivity contribution in [3.8, 4) is 5.75 Å². The Hall–Kier alpha value is -3.30. The molecular formula is C26H41N3O7. The summed E-state index contributed by atoms with van der Waals surface area (Å²) in [5, 5.41) is 15.2. The third kappa shape index (κ3) is 9.05. The Morgan fingerprint density at radius 1 is 1.14 bits per heavy atom. The smallest absolute Gasteiger partial charge is 0.408 e. The molecule has 1 rings (SSSR count). The molecule has 3 amide bonds. The first kappa shape index (κ1) is 30.7. The molecule has 0 bridgehead atoms. The number of amides is 3. The minimum absolute atomic E-state index is 0.0462. The van der Waals surface area contributed by atoms with Gasteiger partial charge in [-0.1, -0.05) is 33.3 Å². The number of esters is 1. The zero-order chi connectivity index (χ0) is 27.6. The molecule has 10 heteroatoms. The van der Waals surface area contributed by atoms with Gasteiger partial charge in [0.2, 0.25) is 11.8 Å². The number of aromatic hydroxyl groups is 1. The Balaban J connectivity index is 3.49. The molecule has 1 aromatic carbocycles. The lowest BCUT2D eigenvalue weighted by molar-refractivity contribution is -0.145. The zero-order valence-corrected chi connectivity index (χ0v) is 22.6. The highest BCUT2D eigenvalue weighted by Crippen LogP contribution is 2.28. The van der Waals surface area contributed by atoms with E-state index in [4.69, 9.17) is 4.74 Å². The summed E-state index contributed by atoms with van der Waals surface area (Å²) >= 11 is 0. The van der Waals surface area contributed by atoms with Gasteiger partial charge in [-0.15, -0.1) is 0 Å². The highest BCUT2D eigenvalue weighted by molar-refractivity contribution is 5.93. The Labute approximate surface area is 213 Å². The lowest BCUT2D eigenvalue weighted by atomic mass is 9.95. The van der Waals surface area contributed by atoms with Gasteiger partial charge < -0.3 is 30.1 Å². The first-order valence-electron chi connectivity index (χ1n) is 12.2. The van der Waals surface area contributed by atoms with Crippen LogP contribution in [0.2, 0.25) is 0 Å². The number of phenolic OH excluding ortho intramolecular Hbond substituents is 1. The van der Waals surface area contributed by atoms with E-state index in [9.17, 15) is 24.3 Å². The van der Waals surface area contributed by atoms with Gasteiger partial charge in [-0.05, 0) is 63.3 Å². The molecule has 3 N–H and O–H groups in total. The molecule has 0 saturated carbocycles. The molecule has 0 radical (unpaired) electrons. The summed E-state index contributed by atoms with van der Waals surface area (Å²) in [5.74, 6) is -1.90. The minimum atomic E-state index is -1.12. The van der Waals surface area contributed by atoms with Crippen LogP contribution in [0.15, 0.2) is 18.2 Å². The quantitative estimate of drug-likeness (QED) is 0.392. The molecule has 0 heterocycles. The van der Waals surface area contributed by atoms with E-state index in [-0.39, 0.29) is 24.8 Å². The van der Waals surface area contributed by atoms with Crippen molar-refractivity contribution in [2.75, 3.05) is 20.2 Å². The predicted octanol–water partition coefficient (Wildman–Crippen LogP) is 3.21. The van der Waals surface area contributed by atoms with E-state index in [1.54, 1.807) is 39.8 Å². The fourth-order valence-electron chi connectivity index (χ4n) is 3.55.